The van der Waals surface area contributed by atoms with Crippen LogP contribution in [-0.4, -0.2) is 49.0 Å². The van der Waals surface area contributed by atoms with Gasteiger partial charge in [0.15, 0.2) is 5.96 Å². The number of carbonyl (C=O) groups excluding carboxylic acids is 1. The summed E-state index contributed by atoms with van der Waals surface area (Å²) in [6.45, 7) is 15.5. The van der Waals surface area contributed by atoms with E-state index in [0.29, 0.717) is 19.0 Å². The van der Waals surface area contributed by atoms with Gasteiger partial charge in [-0.2, -0.15) is 0 Å². The van der Waals surface area contributed by atoms with Gasteiger partial charge in [0.25, 0.3) is 0 Å². The van der Waals surface area contributed by atoms with E-state index in [9.17, 15) is 4.79 Å². The minimum absolute atomic E-state index is 0.0571. The number of hydrogen-bond donors (Lipinski definition) is 3. The maximum absolute atomic E-state index is 11.8. The highest BCUT2D eigenvalue weighted by molar-refractivity contribution is 5.90. The summed E-state index contributed by atoms with van der Waals surface area (Å²) in [5, 5.41) is 9.79. The van der Waals surface area contributed by atoms with Gasteiger partial charge in [-0.3, -0.25) is 4.79 Å². The lowest BCUT2D eigenvalue weighted by Crippen LogP contribution is -2.42. The normalized spacial score (nSPS) is 12.7. The predicted octanol–water partition coefficient (Wildman–Crippen LogP) is 3.99. The largest absolute Gasteiger partial charge is 0.357 e. The minimum Gasteiger partial charge on any atom is -0.357 e. The van der Waals surface area contributed by atoms with Crippen LogP contribution in [0.1, 0.15) is 65.9 Å². The topological polar surface area (TPSA) is 68.8 Å². The Hall–Kier alpha value is -2.08. The molecule has 29 heavy (non-hydrogen) atoms. The molecular weight excluding hydrogens is 362 g/mol. The molecule has 0 radical (unpaired) electrons. The Labute approximate surface area is 177 Å². The van der Waals surface area contributed by atoms with Crippen molar-refractivity contribution in [3.63, 3.8) is 0 Å². The molecule has 0 saturated carbocycles. The Morgan fingerprint density at radius 1 is 1.17 bits per heavy atom. The van der Waals surface area contributed by atoms with Crippen LogP contribution in [0.2, 0.25) is 0 Å². The monoisotopic (exact) mass is 403 g/mol. The van der Waals surface area contributed by atoms with Crippen LogP contribution in [0.25, 0.3) is 0 Å². The molecule has 0 aliphatic carbocycles. The fraction of sp³-hybridized carbons (Fsp3) is 0.652. The summed E-state index contributed by atoms with van der Waals surface area (Å²) in [6.07, 6.45) is 3.68. The van der Waals surface area contributed by atoms with Crippen molar-refractivity contribution in [2.75, 3.05) is 31.5 Å². The van der Waals surface area contributed by atoms with E-state index in [1.807, 2.05) is 31.2 Å². The molecule has 1 aromatic carbocycles. The van der Waals surface area contributed by atoms with Gasteiger partial charge in [-0.1, -0.05) is 32.9 Å². The summed E-state index contributed by atoms with van der Waals surface area (Å²) in [5.41, 5.74) is 1.91. The summed E-state index contributed by atoms with van der Waals surface area (Å²) in [6, 6.07) is 8.28. The van der Waals surface area contributed by atoms with Crippen LogP contribution in [-0.2, 0) is 11.3 Å². The van der Waals surface area contributed by atoms with E-state index in [2.05, 4.69) is 48.5 Å². The van der Waals surface area contributed by atoms with E-state index in [1.54, 1.807) is 0 Å². The molecule has 0 aliphatic heterocycles. The molecule has 1 amide bonds. The Morgan fingerprint density at radius 2 is 1.93 bits per heavy atom. The van der Waals surface area contributed by atoms with Gasteiger partial charge < -0.3 is 20.9 Å². The molecule has 1 aromatic rings. The van der Waals surface area contributed by atoms with Gasteiger partial charge in [-0.15, -0.1) is 0 Å². The van der Waals surface area contributed by atoms with Crippen molar-refractivity contribution in [2.24, 2.45) is 4.99 Å². The molecule has 0 heterocycles. The van der Waals surface area contributed by atoms with Gasteiger partial charge in [0, 0.05) is 24.7 Å². The Kier molecular flexibility index (Phi) is 12.8. The van der Waals surface area contributed by atoms with Gasteiger partial charge in [-0.25, -0.2) is 4.99 Å². The number of nitrogens with zero attached hydrogens (tertiary/aromatic N) is 2. The molecule has 1 rings (SSSR count). The third-order valence-corrected chi connectivity index (χ3v) is 4.84. The molecule has 1 atom stereocenters. The Balaban J connectivity index is 2.59. The zero-order valence-corrected chi connectivity index (χ0v) is 19.1. The first-order chi connectivity index (χ1) is 14.0. The van der Waals surface area contributed by atoms with Crippen molar-refractivity contribution in [1.82, 2.24) is 15.5 Å². The second-order valence-corrected chi connectivity index (χ2v) is 7.41. The summed E-state index contributed by atoms with van der Waals surface area (Å²) < 4.78 is 0. The van der Waals surface area contributed by atoms with Crippen LogP contribution in [0.5, 0.6) is 0 Å². The number of guanidine groups is 1. The molecule has 1 unspecified atom stereocenters. The summed E-state index contributed by atoms with van der Waals surface area (Å²) >= 11 is 0. The summed E-state index contributed by atoms with van der Waals surface area (Å²) in [4.78, 5) is 19.0. The SMILES string of the molecule is CCCC(=O)Nc1cccc(CN=C(NCC)NC(C)CCCN(CC)CC)c1. The lowest BCUT2D eigenvalue weighted by Gasteiger charge is -2.21. The third kappa shape index (κ3) is 10.9. The second-order valence-electron chi connectivity index (χ2n) is 7.41. The van der Waals surface area contributed by atoms with Crippen LogP contribution in [0.3, 0.4) is 0 Å². The van der Waals surface area contributed by atoms with Crippen molar-refractivity contribution in [3.8, 4) is 0 Å². The van der Waals surface area contributed by atoms with Crippen LogP contribution in [0.15, 0.2) is 29.3 Å². The predicted molar refractivity (Wildman–Crippen MR) is 124 cm³/mol. The first-order valence-electron chi connectivity index (χ1n) is 11.2. The molecule has 6 nitrogen and oxygen atoms in total. The van der Waals surface area contributed by atoms with Crippen molar-refractivity contribution in [1.29, 1.82) is 0 Å². The number of amides is 1. The smallest absolute Gasteiger partial charge is 0.224 e. The van der Waals surface area contributed by atoms with Crippen LogP contribution in [0, 0.1) is 0 Å². The number of nitrogens with one attached hydrogen (secondary N) is 3. The highest BCUT2D eigenvalue weighted by Crippen LogP contribution is 2.12. The van der Waals surface area contributed by atoms with Gasteiger partial charge in [0.2, 0.25) is 5.91 Å². The number of anilines is 1. The van der Waals surface area contributed by atoms with Crippen LogP contribution >= 0.6 is 0 Å². The standard InChI is InChI=1S/C23H41N5O/c1-6-12-22(29)27-21-15-10-14-20(17-21)18-25-23(24-7-2)26-19(5)13-11-16-28(8-3)9-4/h10,14-15,17,19H,6-9,11-13,16,18H2,1-5H3,(H,27,29)(H2,24,25,26). The van der Waals surface area contributed by atoms with E-state index in [-0.39, 0.29) is 5.91 Å². The first kappa shape index (κ1) is 25.0. The average Bonchev–Trinajstić information content (AvgIpc) is 2.70. The number of aliphatic imine (C=N–C) groups is 1. The van der Waals surface area contributed by atoms with Gasteiger partial charge in [0.05, 0.1) is 6.54 Å². The Bertz CT molecular complexity index is 613. The number of carbonyl (C=O) groups is 1. The molecule has 0 saturated heterocycles. The molecular formula is C23H41N5O. The van der Waals surface area contributed by atoms with Crippen LogP contribution < -0.4 is 16.0 Å². The van der Waals surface area contributed by atoms with E-state index in [4.69, 9.17) is 4.99 Å². The fourth-order valence-corrected chi connectivity index (χ4v) is 3.15. The molecule has 0 aromatic heterocycles. The zero-order valence-electron chi connectivity index (χ0n) is 19.1. The average molecular weight is 404 g/mol. The van der Waals surface area contributed by atoms with Crippen molar-refractivity contribution < 1.29 is 4.79 Å². The number of benzene rings is 1. The molecule has 6 heteroatoms. The van der Waals surface area contributed by atoms with Crippen molar-refractivity contribution in [3.05, 3.63) is 29.8 Å². The van der Waals surface area contributed by atoms with E-state index in [1.165, 1.54) is 6.42 Å². The van der Waals surface area contributed by atoms with Gasteiger partial charge in [0.1, 0.15) is 0 Å². The summed E-state index contributed by atoms with van der Waals surface area (Å²) in [7, 11) is 0. The highest BCUT2D eigenvalue weighted by atomic mass is 16.1. The highest BCUT2D eigenvalue weighted by Gasteiger charge is 2.07. The van der Waals surface area contributed by atoms with Crippen LogP contribution in [0.4, 0.5) is 5.69 Å². The van der Waals surface area contributed by atoms with E-state index >= 15 is 0 Å². The number of hydrogen-bond acceptors (Lipinski definition) is 3. The first-order valence-corrected chi connectivity index (χ1v) is 11.2. The lowest BCUT2D eigenvalue weighted by molar-refractivity contribution is -0.116. The molecule has 0 spiro atoms. The van der Waals surface area contributed by atoms with Crippen molar-refractivity contribution in [2.45, 2.75) is 72.9 Å². The quantitative estimate of drug-likeness (QED) is 0.344. The minimum atomic E-state index is 0.0571. The molecule has 164 valence electrons. The van der Waals surface area contributed by atoms with E-state index in [0.717, 1.165) is 56.2 Å². The molecule has 0 aliphatic rings. The van der Waals surface area contributed by atoms with Gasteiger partial charge in [-0.05, 0) is 70.4 Å². The molecule has 3 N–H and O–H groups in total. The Morgan fingerprint density at radius 3 is 2.59 bits per heavy atom. The zero-order chi connectivity index (χ0) is 21.5. The summed E-state index contributed by atoms with van der Waals surface area (Å²) in [5.74, 6) is 0.893. The van der Waals surface area contributed by atoms with E-state index < -0.39 is 0 Å². The van der Waals surface area contributed by atoms with Crippen molar-refractivity contribution >= 4 is 17.6 Å². The molecule has 0 bridgehead atoms. The third-order valence-electron chi connectivity index (χ3n) is 4.84. The molecule has 0 fully saturated rings. The number of rotatable bonds is 13. The maximum Gasteiger partial charge on any atom is 0.224 e. The van der Waals surface area contributed by atoms with Gasteiger partial charge >= 0.3 is 0 Å². The lowest BCUT2D eigenvalue weighted by atomic mass is 10.2. The second kappa shape index (κ2) is 14.9. The fourth-order valence-electron chi connectivity index (χ4n) is 3.15. The maximum atomic E-state index is 11.8.